The molecule has 2 N–H and O–H groups in total. The Bertz CT molecular complexity index is 580. The molecule has 0 amide bonds. The van der Waals surface area contributed by atoms with Gasteiger partial charge in [-0.05, 0) is 18.2 Å². The summed E-state index contributed by atoms with van der Waals surface area (Å²) in [5.41, 5.74) is 3.28. The second-order valence-corrected chi connectivity index (χ2v) is 4.51. The highest BCUT2D eigenvalue weighted by Crippen LogP contribution is 2.34. The summed E-state index contributed by atoms with van der Waals surface area (Å²) >= 11 is 0. The number of fused-ring (bicyclic) bond motifs is 1. The van der Waals surface area contributed by atoms with Crippen LogP contribution in [0.1, 0.15) is 23.0 Å². The van der Waals surface area contributed by atoms with Crippen LogP contribution in [0.25, 0.3) is 0 Å². The van der Waals surface area contributed by atoms with Crippen molar-refractivity contribution in [1.29, 1.82) is 0 Å². The molecular formula is C14H17N3O2. The molecule has 3 rings (SSSR count). The lowest BCUT2D eigenvalue weighted by atomic mass is 9.97. The van der Waals surface area contributed by atoms with E-state index < -0.39 is 0 Å². The van der Waals surface area contributed by atoms with E-state index in [4.69, 9.17) is 9.47 Å². The zero-order valence-electron chi connectivity index (χ0n) is 11.1. The lowest BCUT2D eigenvalue weighted by Gasteiger charge is -2.25. The summed E-state index contributed by atoms with van der Waals surface area (Å²) in [6.45, 7) is 0.917. The van der Waals surface area contributed by atoms with E-state index >= 15 is 0 Å². The molecule has 1 atom stereocenters. The summed E-state index contributed by atoms with van der Waals surface area (Å²) in [6.07, 6.45) is 2.72. The number of aromatic nitrogens is 2. The van der Waals surface area contributed by atoms with Crippen LogP contribution >= 0.6 is 0 Å². The highest BCUT2D eigenvalue weighted by molar-refractivity contribution is 5.46. The molecule has 0 aliphatic carbocycles. The summed E-state index contributed by atoms with van der Waals surface area (Å²) in [5, 5.41) is 3.49. The van der Waals surface area contributed by atoms with E-state index in [0.29, 0.717) is 0 Å². The average molecular weight is 259 g/mol. The Balaban J connectivity index is 2.07. The first-order valence-corrected chi connectivity index (χ1v) is 6.31. The number of nitrogens with zero attached hydrogens (tertiary/aromatic N) is 1. The van der Waals surface area contributed by atoms with Crippen molar-refractivity contribution in [3.05, 3.63) is 41.5 Å². The molecule has 0 saturated carbocycles. The molecule has 2 heterocycles. The molecule has 1 aliphatic rings. The van der Waals surface area contributed by atoms with Crippen LogP contribution in [-0.4, -0.2) is 30.7 Å². The number of hydrogen-bond acceptors (Lipinski definition) is 4. The summed E-state index contributed by atoms with van der Waals surface area (Å²) in [6, 6.07) is 5.87. The Kier molecular flexibility index (Phi) is 3.13. The van der Waals surface area contributed by atoms with Gasteiger partial charge in [-0.15, -0.1) is 0 Å². The third kappa shape index (κ3) is 2.06. The van der Waals surface area contributed by atoms with Crippen molar-refractivity contribution >= 4 is 0 Å². The van der Waals surface area contributed by atoms with E-state index in [0.717, 1.165) is 35.7 Å². The molecule has 2 aromatic rings. The van der Waals surface area contributed by atoms with Gasteiger partial charge in [-0.3, -0.25) is 0 Å². The van der Waals surface area contributed by atoms with E-state index in [1.165, 1.54) is 5.69 Å². The van der Waals surface area contributed by atoms with Gasteiger partial charge in [0.1, 0.15) is 11.5 Å². The van der Waals surface area contributed by atoms with Crippen molar-refractivity contribution in [2.45, 2.75) is 12.5 Å². The van der Waals surface area contributed by atoms with Gasteiger partial charge in [0.15, 0.2) is 0 Å². The van der Waals surface area contributed by atoms with Gasteiger partial charge in [0, 0.05) is 24.2 Å². The van der Waals surface area contributed by atoms with Crippen LogP contribution in [0.4, 0.5) is 0 Å². The van der Waals surface area contributed by atoms with Crippen molar-refractivity contribution in [2.24, 2.45) is 0 Å². The number of H-pyrrole nitrogens is 1. The van der Waals surface area contributed by atoms with Crippen LogP contribution in [-0.2, 0) is 6.42 Å². The SMILES string of the molecule is COc1ccc(OC)c(C2NCCc3[nH]cnc32)c1. The number of benzene rings is 1. The number of nitrogens with one attached hydrogen (secondary N) is 2. The number of methoxy groups -OCH3 is 2. The van der Waals surface area contributed by atoms with Crippen LogP contribution < -0.4 is 14.8 Å². The lowest BCUT2D eigenvalue weighted by Crippen LogP contribution is -2.31. The Labute approximate surface area is 112 Å². The molecule has 0 saturated heterocycles. The van der Waals surface area contributed by atoms with Gasteiger partial charge in [-0.25, -0.2) is 4.98 Å². The predicted octanol–water partition coefficient (Wildman–Crippen LogP) is 1.66. The van der Waals surface area contributed by atoms with Gasteiger partial charge in [-0.2, -0.15) is 0 Å². The third-order valence-corrected chi connectivity index (χ3v) is 3.50. The van der Waals surface area contributed by atoms with E-state index in [1.807, 2.05) is 18.2 Å². The highest BCUT2D eigenvalue weighted by Gasteiger charge is 2.26. The molecule has 1 unspecified atom stereocenters. The molecule has 100 valence electrons. The minimum Gasteiger partial charge on any atom is -0.497 e. The summed E-state index contributed by atoms with van der Waals surface area (Å²) < 4.78 is 10.8. The largest absolute Gasteiger partial charge is 0.497 e. The van der Waals surface area contributed by atoms with Crippen LogP contribution in [0.3, 0.4) is 0 Å². The lowest BCUT2D eigenvalue weighted by molar-refractivity contribution is 0.392. The smallest absolute Gasteiger partial charge is 0.124 e. The molecule has 5 nitrogen and oxygen atoms in total. The number of ether oxygens (including phenoxy) is 2. The van der Waals surface area contributed by atoms with Gasteiger partial charge in [0.05, 0.1) is 32.3 Å². The van der Waals surface area contributed by atoms with Gasteiger partial charge in [0.2, 0.25) is 0 Å². The molecule has 0 radical (unpaired) electrons. The first kappa shape index (κ1) is 12.0. The fraction of sp³-hybridized carbons (Fsp3) is 0.357. The highest BCUT2D eigenvalue weighted by atomic mass is 16.5. The number of aromatic amines is 1. The molecule has 1 aromatic carbocycles. The van der Waals surface area contributed by atoms with Gasteiger partial charge in [0.25, 0.3) is 0 Å². The summed E-state index contributed by atoms with van der Waals surface area (Å²) in [5.74, 6) is 1.66. The van der Waals surface area contributed by atoms with Crippen molar-refractivity contribution in [3.8, 4) is 11.5 Å². The van der Waals surface area contributed by atoms with Crippen LogP contribution in [0.5, 0.6) is 11.5 Å². The van der Waals surface area contributed by atoms with Gasteiger partial charge >= 0.3 is 0 Å². The molecule has 0 fully saturated rings. The summed E-state index contributed by atoms with van der Waals surface area (Å²) in [7, 11) is 3.35. The fourth-order valence-electron chi connectivity index (χ4n) is 2.54. The van der Waals surface area contributed by atoms with Crippen molar-refractivity contribution < 1.29 is 9.47 Å². The first-order chi connectivity index (χ1) is 9.33. The molecule has 0 bridgehead atoms. The standard InChI is InChI=1S/C14H17N3O2/c1-18-9-3-4-12(19-2)10(7-9)13-14-11(5-6-15-13)16-8-17-14/h3-4,7-8,13,15H,5-6H2,1-2H3,(H,16,17). The molecule has 1 aliphatic heterocycles. The first-order valence-electron chi connectivity index (χ1n) is 6.31. The van der Waals surface area contributed by atoms with Crippen LogP contribution in [0, 0.1) is 0 Å². The van der Waals surface area contributed by atoms with Crippen LogP contribution in [0.2, 0.25) is 0 Å². The predicted molar refractivity (Wildman–Crippen MR) is 71.7 cm³/mol. The van der Waals surface area contributed by atoms with Crippen molar-refractivity contribution in [1.82, 2.24) is 15.3 Å². The maximum atomic E-state index is 5.46. The quantitative estimate of drug-likeness (QED) is 0.880. The number of rotatable bonds is 3. The minimum atomic E-state index is 0.0417. The zero-order chi connectivity index (χ0) is 13.2. The monoisotopic (exact) mass is 259 g/mol. The Hall–Kier alpha value is -2.01. The van der Waals surface area contributed by atoms with E-state index in [2.05, 4.69) is 15.3 Å². The van der Waals surface area contributed by atoms with Crippen molar-refractivity contribution in [2.75, 3.05) is 20.8 Å². The molecule has 5 heteroatoms. The molecule has 1 aromatic heterocycles. The topological polar surface area (TPSA) is 59.2 Å². The Morgan fingerprint density at radius 3 is 2.95 bits per heavy atom. The minimum absolute atomic E-state index is 0.0417. The van der Waals surface area contributed by atoms with Crippen molar-refractivity contribution in [3.63, 3.8) is 0 Å². The normalized spacial score (nSPS) is 17.9. The molecular weight excluding hydrogens is 242 g/mol. The van der Waals surface area contributed by atoms with E-state index in [9.17, 15) is 0 Å². The maximum Gasteiger partial charge on any atom is 0.124 e. The zero-order valence-corrected chi connectivity index (χ0v) is 11.1. The summed E-state index contributed by atoms with van der Waals surface area (Å²) in [4.78, 5) is 7.63. The van der Waals surface area contributed by atoms with Gasteiger partial charge in [-0.1, -0.05) is 0 Å². The Morgan fingerprint density at radius 1 is 1.26 bits per heavy atom. The van der Waals surface area contributed by atoms with E-state index in [1.54, 1.807) is 20.5 Å². The average Bonchev–Trinajstić information content (AvgIpc) is 2.94. The maximum absolute atomic E-state index is 5.46. The fourth-order valence-corrected chi connectivity index (χ4v) is 2.54. The second-order valence-electron chi connectivity index (χ2n) is 4.51. The molecule has 0 spiro atoms. The molecule has 19 heavy (non-hydrogen) atoms. The Morgan fingerprint density at radius 2 is 2.16 bits per heavy atom. The van der Waals surface area contributed by atoms with Gasteiger partial charge < -0.3 is 19.8 Å². The number of hydrogen-bond donors (Lipinski definition) is 2. The third-order valence-electron chi connectivity index (χ3n) is 3.50. The second kappa shape index (κ2) is 4.93. The van der Waals surface area contributed by atoms with Crippen LogP contribution in [0.15, 0.2) is 24.5 Å². The van der Waals surface area contributed by atoms with E-state index in [-0.39, 0.29) is 6.04 Å². The number of imidazole rings is 1.